The van der Waals surface area contributed by atoms with Crippen LogP contribution >= 0.6 is 12.6 Å². The molecule has 2 aromatic carbocycles. The number of hydrogen-bond acceptors (Lipinski definition) is 3. The van der Waals surface area contributed by atoms with E-state index in [0.717, 1.165) is 11.1 Å². The van der Waals surface area contributed by atoms with Crippen LogP contribution < -0.4 is 11.1 Å². The number of hydrogen-bond donors (Lipinski definition) is 3. The lowest BCUT2D eigenvalue weighted by Crippen LogP contribution is -2.14. The van der Waals surface area contributed by atoms with Crippen molar-refractivity contribution in [1.82, 2.24) is 0 Å². The minimum Gasteiger partial charge on any atom is -0.398 e. The Hall–Kier alpha value is -1.94. The summed E-state index contributed by atoms with van der Waals surface area (Å²) in [6.45, 7) is 2.01. The largest absolute Gasteiger partial charge is 0.398 e. The van der Waals surface area contributed by atoms with Gasteiger partial charge in [-0.3, -0.25) is 4.79 Å². The van der Waals surface area contributed by atoms with Gasteiger partial charge in [-0.2, -0.15) is 0 Å². The molecule has 2 aromatic rings. The van der Waals surface area contributed by atoms with Crippen LogP contribution in [0.5, 0.6) is 0 Å². The van der Waals surface area contributed by atoms with E-state index in [1.165, 1.54) is 0 Å². The number of carbonyl (C=O) groups excluding carboxylic acids is 1. The van der Waals surface area contributed by atoms with Crippen LogP contribution in [0.4, 0.5) is 11.4 Å². The summed E-state index contributed by atoms with van der Waals surface area (Å²) in [4.78, 5) is 12.6. The molecule has 98 valence electrons. The molecule has 0 fully saturated rings. The van der Waals surface area contributed by atoms with Gasteiger partial charge in [-0.15, -0.1) is 12.6 Å². The predicted octanol–water partition coefficient (Wildman–Crippen LogP) is 3.05. The highest BCUT2D eigenvalue weighted by molar-refractivity contribution is 7.80. The fraction of sp³-hybridized carbons (Fsp3) is 0.133. The van der Waals surface area contributed by atoms with Crippen molar-refractivity contribution in [1.29, 1.82) is 0 Å². The van der Waals surface area contributed by atoms with Gasteiger partial charge in [-0.1, -0.05) is 29.8 Å². The molecule has 1 amide bonds. The first kappa shape index (κ1) is 13.5. The summed E-state index contributed by atoms with van der Waals surface area (Å²) < 4.78 is 0. The smallest absolute Gasteiger partial charge is 0.228 e. The van der Waals surface area contributed by atoms with Gasteiger partial charge in [-0.05, 0) is 30.7 Å². The van der Waals surface area contributed by atoms with E-state index in [4.69, 9.17) is 5.73 Å². The van der Waals surface area contributed by atoms with Gasteiger partial charge in [0, 0.05) is 16.3 Å². The van der Waals surface area contributed by atoms with Crippen molar-refractivity contribution in [2.45, 2.75) is 18.2 Å². The first-order valence-corrected chi connectivity index (χ1v) is 6.43. The highest BCUT2D eigenvalue weighted by Gasteiger charge is 2.05. The van der Waals surface area contributed by atoms with Crippen molar-refractivity contribution < 1.29 is 4.79 Å². The molecule has 0 aliphatic carbocycles. The van der Waals surface area contributed by atoms with Crippen LogP contribution in [-0.2, 0) is 11.2 Å². The molecular weight excluding hydrogens is 256 g/mol. The first-order chi connectivity index (χ1) is 9.04. The fourth-order valence-corrected chi connectivity index (χ4v) is 2.05. The Kier molecular flexibility index (Phi) is 4.12. The Morgan fingerprint density at radius 3 is 2.74 bits per heavy atom. The Morgan fingerprint density at radius 1 is 1.26 bits per heavy atom. The van der Waals surface area contributed by atoms with Crippen LogP contribution in [0, 0.1) is 6.92 Å². The van der Waals surface area contributed by atoms with E-state index in [0.29, 0.717) is 22.7 Å². The van der Waals surface area contributed by atoms with Gasteiger partial charge in [0.25, 0.3) is 0 Å². The highest BCUT2D eigenvalue weighted by Crippen LogP contribution is 2.21. The van der Waals surface area contributed by atoms with E-state index >= 15 is 0 Å². The van der Waals surface area contributed by atoms with E-state index in [-0.39, 0.29) is 5.91 Å². The minimum atomic E-state index is -0.0527. The number of benzene rings is 2. The zero-order valence-corrected chi connectivity index (χ0v) is 11.6. The van der Waals surface area contributed by atoms with Gasteiger partial charge in [0.15, 0.2) is 0 Å². The molecule has 0 bridgehead atoms. The SMILES string of the molecule is Cc1cccc(CC(=O)Nc2ccc(N)c(S)c2)c1. The molecule has 0 aliphatic rings. The van der Waals surface area contributed by atoms with E-state index < -0.39 is 0 Å². The second kappa shape index (κ2) is 5.80. The Bertz CT molecular complexity index is 611. The molecule has 0 spiro atoms. The molecule has 0 radical (unpaired) electrons. The number of nitrogen functional groups attached to an aromatic ring is 1. The molecule has 0 saturated heterocycles. The van der Waals surface area contributed by atoms with Gasteiger partial charge in [-0.25, -0.2) is 0 Å². The summed E-state index contributed by atoms with van der Waals surface area (Å²) in [6.07, 6.45) is 0.355. The van der Waals surface area contributed by atoms with E-state index in [1.807, 2.05) is 31.2 Å². The molecule has 0 unspecified atom stereocenters. The monoisotopic (exact) mass is 272 g/mol. The maximum absolute atomic E-state index is 11.9. The number of thiol groups is 1. The van der Waals surface area contributed by atoms with E-state index in [9.17, 15) is 4.79 Å². The summed E-state index contributed by atoms with van der Waals surface area (Å²) >= 11 is 4.23. The zero-order chi connectivity index (χ0) is 13.8. The standard InChI is InChI=1S/C15H16N2OS/c1-10-3-2-4-11(7-10)8-15(18)17-12-5-6-13(16)14(19)9-12/h2-7,9,19H,8,16H2,1H3,(H,17,18). The van der Waals surface area contributed by atoms with Gasteiger partial charge in [0.05, 0.1) is 6.42 Å². The summed E-state index contributed by atoms with van der Waals surface area (Å²) in [5, 5.41) is 2.83. The quantitative estimate of drug-likeness (QED) is 0.594. The number of anilines is 2. The van der Waals surface area contributed by atoms with Crippen molar-refractivity contribution in [3.05, 3.63) is 53.6 Å². The second-order valence-electron chi connectivity index (χ2n) is 4.49. The molecule has 4 heteroatoms. The third-order valence-electron chi connectivity index (χ3n) is 2.76. The maximum Gasteiger partial charge on any atom is 0.228 e. The number of aryl methyl sites for hydroxylation is 1. The summed E-state index contributed by atoms with van der Waals surface area (Å²) in [7, 11) is 0. The van der Waals surface area contributed by atoms with E-state index in [2.05, 4.69) is 17.9 Å². The average Bonchev–Trinajstić information content (AvgIpc) is 2.34. The molecule has 0 atom stereocenters. The first-order valence-electron chi connectivity index (χ1n) is 5.98. The van der Waals surface area contributed by atoms with Crippen molar-refractivity contribution in [3.8, 4) is 0 Å². The van der Waals surface area contributed by atoms with Gasteiger partial charge >= 0.3 is 0 Å². The minimum absolute atomic E-state index is 0.0527. The second-order valence-corrected chi connectivity index (χ2v) is 4.97. The number of rotatable bonds is 3. The van der Waals surface area contributed by atoms with Crippen LogP contribution in [0.1, 0.15) is 11.1 Å². The van der Waals surface area contributed by atoms with Crippen LogP contribution in [0.2, 0.25) is 0 Å². The molecule has 19 heavy (non-hydrogen) atoms. The number of carbonyl (C=O) groups is 1. The zero-order valence-electron chi connectivity index (χ0n) is 10.7. The van der Waals surface area contributed by atoms with Crippen molar-refractivity contribution in [3.63, 3.8) is 0 Å². The van der Waals surface area contributed by atoms with Crippen LogP contribution in [0.15, 0.2) is 47.4 Å². The number of nitrogens with two attached hydrogens (primary N) is 1. The molecule has 3 nitrogen and oxygen atoms in total. The van der Waals surface area contributed by atoms with Crippen molar-refractivity contribution in [2.24, 2.45) is 0 Å². The third-order valence-corrected chi connectivity index (χ3v) is 3.15. The summed E-state index contributed by atoms with van der Waals surface area (Å²) in [5.74, 6) is -0.0527. The van der Waals surface area contributed by atoms with Crippen LogP contribution in [0.25, 0.3) is 0 Å². The lowest BCUT2D eigenvalue weighted by atomic mass is 10.1. The van der Waals surface area contributed by atoms with Crippen LogP contribution in [0.3, 0.4) is 0 Å². The van der Waals surface area contributed by atoms with Gasteiger partial charge < -0.3 is 11.1 Å². The van der Waals surface area contributed by atoms with Crippen molar-refractivity contribution >= 4 is 29.9 Å². The average molecular weight is 272 g/mol. The fourth-order valence-electron chi connectivity index (χ4n) is 1.83. The molecular formula is C15H16N2OS. The van der Waals surface area contributed by atoms with Crippen LogP contribution in [-0.4, -0.2) is 5.91 Å². The third kappa shape index (κ3) is 3.76. The maximum atomic E-state index is 11.9. The van der Waals surface area contributed by atoms with Gasteiger partial charge in [0.1, 0.15) is 0 Å². The topological polar surface area (TPSA) is 55.1 Å². The molecule has 0 aliphatic heterocycles. The number of amides is 1. The summed E-state index contributed by atoms with van der Waals surface area (Å²) in [6, 6.07) is 13.1. The normalized spacial score (nSPS) is 10.2. The predicted molar refractivity (Wildman–Crippen MR) is 81.6 cm³/mol. The van der Waals surface area contributed by atoms with Gasteiger partial charge in [0.2, 0.25) is 5.91 Å². The number of nitrogens with one attached hydrogen (secondary N) is 1. The molecule has 0 aromatic heterocycles. The molecule has 0 saturated carbocycles. The highest BCUT2D eigenvalue weighted by atomic mass is 32.1. The lowest BCUT2D eigenvalue weighted by Gasteiger charge is -2.07. The Morgan fingerprint density at radius 2 is 2.05 bits per heavy atom. The molecule has 3 N–H and O–H groups in total. The van der Waals surface area contributed by atoms with Crippen molar-refractivity contribution in [2.75, 3.05) is 11.1 Å². The molecule has 0 heterocycles. The van der Waals surface area contributed by atoms with E-state index in [1.54, 1.807) is 18.2 Å². The Labute approximate surface area is 118 Å². The summed E-state index contributed by atoms with van der Waals surface area (Å²) in [5.41, 5.74) is 9.12. The Balaban J connectivity index is 2.03. The molecule has 2 rings (SSSR count). The lowest BCUT2D eigenvalue weighted by molar-refractivity contribution is -0.115.